The SMILES string of the molecule is CCc1ccc(CNC(=O)C(C)n2c(=O)oc3ccccc32)nc1. The molecule has 2 aromatic heterocycles. The highest BCUT2D eigenvalue weighted by Gasteiger charge is 2.20. The summed E-state index contributed by atoms with van der Waals surface area (Å²) in [6.07, 6.45) is 2.73. The molecule has 0 aliphatic heterocycles. The lowest BCUT2D eigenvalue weighted by Gasteiger charge is -2.13. The molecule has 1 unspecified atom stereocenters. The summed E-state index contributed by atoms with van der Waals surface area (Å²) in [5, 5.41) is 2.81. The zero-order valence-corrected chi connectivity index (χ0v) is 13.7. The summed E-state index contributed by atoms with van der Waals surface area (Å²) in [4.78, 5) is 28.7. The zero-order valence-electron chi connectivity index (χ0n) is 13.7. The molecule has 3 rings (SSSR count). The Bertz CT molecular complexity index is 909. The summed E-state index contributed by atoms with van der Waals surface area (Å²) in [5.74, 6) is -0.797. The number of para-hydroxylation sites is 2. The molecular weight excluding hydrogens is 306 g/mol. The number of oxazole rings is 1. The van der Waals surface area contributed by atoms with E-state index in [4.69, 9.17) is 4.42 Å². The number of amides is 1. The van der Waals surface area contributed by atoms with E-state index in [1.807, 2.05) is 12.1 Å². The van der Waals surface area contributed by atoms with E-state index in [2.05, 4.69) is 17.2 Å². The second-order valence-corrected chi connectivity index (χ2v) is 5.61. The lowest BCUT2D eigenvalue weighted by molar-refractivity contribution is -0.124. The van der Waals surface area contributed by atoms with Gasteiger partial charge in [0.25, 0.3) is 0 Å². The zero-order chi connectivity index (χ0) is 17.1. The second kappa shape index (κ2) is 6.70. The molecule has 0 saturated carbocycles. The van der Waals surface area contributed by atoms with Crippen LogP contribution >= 0.6 is 0 Å². The van der Waals surface area contributed by atoms with Crippen LogP contribution in [0.4, 0.5) is 0 Å². The lowest BCUT2D eigenvalue weighted by Crippen LogP contribution is -2.34. The maximum absolute atomic E-state index is 12.4. The van der Waals surface area contributed by atoms with Crippen LogP contribution in [-0.2, 0) is 17.8 Å². The number of benzene rings is 1. The summed E-state index contributed by atoms with van der Waals surface area (Å²) in [7, 11) is 0. The molecule has 1 atom stereocenters. The topological polar surface area (TPSA) is 77.1 Å². The Labute approximate surface area is 139 Å². The summed E-state index contributed by atoms with van der Waals surface area (Å²) >= 11 is 0. The molecule has 124 valence electrons. The summed E-state index contributed by atoms with van der Waals surface area (Å²) < 4.78 is 6.53. The van der Waals surface area contributed by atoms with Crippen molar-refractivity contribution in [3.63, 3.8) is 0 Å². The van der Waals surface area contributed by atoms with Crippen molar-refractivity contribution < 1.29 is 9.21 Å². The minimum absolute atomic E-state index is 0.259. The highest BCUT2D eigenvalue weighted by molar-refractivity contribution is 5.82. The lowest BCUT2D eigenvalue weighted by atomic mass is 10.2. The smallest absolute Gasteiger partial charge is 0.408 e. The van der Waals surface area contributed by atoms with Crippen LogP contribution in [0.25, 0.3) is 11.1 Å². The summed E-state index contributed by atoms with van der Waals surface area (Å²) in [5.41, 5.74) is 3.00. The molecular formula is C18H19N3O3. The van der Waals surface area contributed by atoms with Crippen molar-refractivity contribution in [1.82, 2.24) is 14.9 Å². The van der Waals surface area contributed by atoms with Gasteiger partial charge in [0.15, 0.2) is 5.58 Å². The van der Waals surface area contributed by atoms with E-state index in [9.17, 15) is 9.59 Å². The minimum atomic E-state index is -0.670. The number of aromatic nitrogens is 2. The monoisotopic (exact) mass is 325 g/mol. The quantitative estimate of drug-likeness (QED) is 0.781. The molecule has 1 amide bonds. The Morgan fingerprint density at radius 1 is 1.29 bits per heavy atom. The molecule has 6 nitrogen and oxygen atoms in total. The number of nitrogens with zero attached hydrogens (tertiary/aromatic N) is 2. The van der Waals surface area contributed by atoms with Gasteiger partial charge in [0.2, 0.25) is 5.91 Å². The number of aryl methyl sites for hydroxylation is 1. The standard InChI is InChI=1S/C18H19N3O3/c1-3-13-8-9-14(19-10-13)11-20-17(22)12(2)21-15-6-4-5-7-16(15)24-18(21)23/h4-10,12H,3,11H2,1-2H3,(H,20,22). The van der Waals surface area contributed by atoms with E-state index in [-0.39, 0.29) is 5.91 Å². The van der Waals surface area contributed by atoms with Gasteiger partial charge in [-0.3, -0.25) is 14.3 Å². The van der Waals surface area contributed by atoms with Gasteiger partial charge in [-0.1, -0.05) is 25.1 Å². The Hall–Kier alpha value is -2.89. The maximum Gasteiger partial charge on any atom is 0.420 e. The van der Waals surface area contributed by atoms with E-state index in [1.165, 1.54) is 4.57 Å². The van der Waals surface area contributed by atoms with Crippen molar-refractivity contribution in [1.29, 1.82) is 0 Å². The predicted molar refractivity (Wildman–Crippen MR) is 90.6 cm³/mol. The minimum Gasteiger partial charge on any atom is -0.408 e. The maximum atomic E-state index is 12.4. The molecule has 1 N–H and O–H groups in total. The molecule has 0 saturated heterocycles. The van der Waals surface area contributed by atoms with Crippen LogP contribution in [0.2, 0.25) is 0 Å². The van der Waals surface area contributed by atoms with Crippen molar-refractivity contribution in [2.45, 2.75) is 32.9 Å². The first-order chi connectivity index (χ1) is 11.6. The van der Waals surface area contributed by atoms with E-state index in [0.29, 0.717) is 17.6 Å². The molecule has 6 heteroatoms. The molecule has 2 heterocycles. The molecule has 3 aromatic rings. The van der Waals surface area contributed by atoms with Crippen LogP contribution in [0.3, 0.4) is 0 Å². The first-order valence-electron chi connectivity index (χ1n) is 7.91. The third kappa shape index (κ3) is 3.08. The second-order valence-electron chi connectivity index (χ2n) is 5.61. The number of pyridine rings is 1. The first-order valence-corrected chi connectivity index (χ1v) is 7.91. The van der Waals surface area contributed by atoms with Gasteiger partial charge in [-0.05, 0) is 37.1 Å². The van der Waals surface area contributed by atoms with E-state index in [1.54, 1.807) is 37.4 Å². The van der Waals surface area contributed by atoms with Gasteiger partial charge in [-0.25, -0.2) is 4.79 Å². The van der Waals surface area contributed by atoms with Gasteiger partial charge in [-0.15, -0.1) is 0 Å². The molecule has 1 aromatic carbocycles. The summed E-state index contributed by atoms with van der Waals surface area (Å²) in [6.45, 7) is 4.05. The van der Waals surface area contributed by atoms with Crippen molar-refractivity contribution in [3.8, 4) is 0 Å². The van der Waals surface area contributed by atoms with Crippen molar-refractivity contribution in [2.75, 3.05) is 0 Å². The van der Waals surface area contributed by atoms with Gasteiger partial charge < -0.3 is 9.73 Å². The van der Waals surface area contributed by atoms with Gasteiger partial charge in [0.1, 0.15) is 6.04 Å². The van der Waals surface area contributed by atoms with Crippen LogP contribution < -0.4 is 11.1 Å². The predicted octanol–water partition coefficient (Wildman–Crippen LogP) is 2.43. The Balaban J connectivity index is 1.74. The fourth-order valence-electron chi connectivity index (χ4n) is 2.56. The van der Waals surface area contributed by atoms with Crippen molar-refractivity contribution in [3.05, 3.63) is 64.4 Å². The highest BCUT2D eigenvalue weighted by Crippen LogP contribution is 2.16. The van der Waals surface area contributed by atoms with Crippen LogP contribution in [0.15, 0.2) is 51.8 Å². The van der Waals surface area contributed by atoms with E-state index in [0.717, 1.165) is 17.7 Å². The van der Waals surface area contributed by atoms with E-state index >= 15 is 0 Å². The average molecular weight is 325 g/mol. The Kier molecular flexibility index (Phi) is 4.46. The van der Waals surface area contributed by atoms with Crippen LogP contribution in [0.5, 0.6) is 0 Å². The third-order valence-electron chi connectivity index (χ3n) is 4.02. The Morgan fingerprint density at radius 2 is 2.08 bits per heavy atom. The molecule has 0 aliphatic carbocycles. The van der Waals surface area contributed by atoms with E-state index < -0.39 is 11.8 Å². The van der Waals surface area contributed by atoms with Crippen molar-refractivity contribution in [2.24, 2.45) is 0 Å². The number of carbonyl (C=O) groups is 1. The largest absolute Gasteiger partial charge is 0.420 e. The number of hydrogen-bond acceptors (Lipinski definition) is 4. The fraction of sp³-hybridized carbons (Fsp3) is 0.278. The fourth-order valence-corrected chi connectivity index (χ4v) is 2.56. The molecule has 0 bridgehead atoms. The van der Waals surface area contributed by atoms with Gasteiger partial charge in [0, 0.05) is 6.20 Å². The average Bonchev–Trinajstić information content (AvgIpc) is 2.95. The van der Waals surface area contributed by atoms with Gasteiger partial charge >= 0.3 is 5.76 Å². The Morgan fingerprint density at radius 3 is 2.79 bits per heavy atom. The van der Waals surface area contributed by atoms with Gasteiger partial charge in [-0.2, -0.15) is 0 Å². The highest BCUT2D eigenvalue weighted by atomic mass is 16.4. The number of carbonyl (C=O) groups excluding carboxylic acids is 1. The number of rotatable bonds is 5. The van der Waals surface area contributed by atoms with Crippen molar-refractivity contribution >= 4 is 17.0 Å². The molecule has 24 heavy (non-hydrogen) atoms. The molecule has 0 aliphatic rings. The van der Waals surface area contributed by atoms with Crippen LogP contribution in [-0.4, -0.2) is 15.5 Å². The normalized spacial score (nSPS) is 12.2. The summed E-state index contributed by atoms with van der Waals surface area (Å²) in [6, 6.07) is 10.3. The molecule has 0 spiro atoms. The number of hydrogen-bond donors (Lipinski definition) is 1. The molecule has 0 radical (unpaired) electrons. The number of fused-ring (bicyclic) bond motifs is 1. The van der Waals surface area contributed by atoms with Crippen LogP contribution in [0, 0.1) is 0 Å². The number of nitrogens with one attached hydrogen (secondary N) is 1. The van der Waals surface area contributed by atoms with Gasteiger partial charge in [0.05, 0.1) is 17.8 Å². The first kappa shape index (κ1) is 16.0. The van der Waals surface area contributed by atoms with Crippen LogP contribution in [0.1, 0.15) is 31.1 Å². The molecule has 0 fully saturated rings. The third-order valence-corrected chi connectivity index (χ3v) is 4.02.